The highest BCUT2D eigenvalue weighted by Gasteiger charge is 2.33. The number of rotatable bonds is 4. The maximum absolute atomic E-state index is 14.1. The van der Waals surface area contributed by atoms with Gasteiger partial charge in [0.1, 0.15) is 17.4 Å². The molecule has 1 atom stereocenters. The number of benzene rings is 2. The number of hydrogen-bond acceptors (Lipinski definition) is 5. The van der Waals surface area contributed by atoms with Crippen LogP contribution in [0.3, 0.4) is 0 Å². The van der Waals surface area contributed by atoms with Crippen LogP contribution in [-0.2, 0) is 15.7 Å². The van der Waals surface area contributed by atoms with Gasteiger partial charge in [-0.1, -0.05) is 16.8 Å². The van der Waals surface area contributed by atoms with Gasteiger partial charge in [0.05, 0.1) is 17.7 Å². The molecule has 3 aromatic rings. The van der Waals surface area contributed by atoms with E-state index in [4.69, 9.17) is 20.9 Å². The fraction of sp³-hybridized carbons (Fsp3) is 0.222. The zero-order valence-electron chi connectivity index (χ0n) is 14.4. The molecule has 0 aliphatic heterocycles. The third kappa shape index (κ3) is 3.75. The summed E-state index contributed by atoms with van der Waals surface area (Å²) in [4.78, 5) is 11.7. The first-order valence-corrected chi connectivity index (χ1v) is 8.21. The molecular weight excluding hydrogens is 406 g/mol. The molecule has 0 saturated heterocycles. The third-order valence-electron chi connectivity index (χ3n) is 3.98. The minimum Gasteiger partial charge on any atom is -0.469 e. The van der Waals surface area contributed by atoms with Crippen LogP contribution in [-0.4, -0.2) is 18.2 Å². The second-order valence-electron chi connectivity index (χ2n) is 5.84. The van der Waals surface area contributed by atoms with E-state index in [1.54, 1.807) is 6.92 Å². The number of alkyl halides is 3. The summed E-state index contributed by atoms with van der Waals surface area (Å²) < 4.78 is 67.5. The molecule has 0 aliphatic carbocycles. The molecule has 0 saturated carbocycles. The molecule has 0 spiro atoms. The van der Waals surface area contributed by atoms with Crippen LogP contribution in [0.4, 0.5) is 17.6 Å². The molecule has 0 N–H and O–H groups in total. The average molecular weight is 418 g/mol. The Bertz CT molecular complexity index is 1020. The van der Waals surface area contributed by atoms with Crippen LogP contribution >= 0.6 is 11.6 Å². The Morgan fingerprint density at radius 3 is 2.57 bits per heavy atom. The van der Waals surface area contributed by atoms with E-state index in [0.29, 0.717) is 23.1 Å². The van der Waals surface area contributed by atoms with Crippen molar-refractivity contribution in [2.45, 2.75) is 19.0 Å². The topological polar surface area (TPSA) is 61.6 Å². The molecule has 3 rings (SSSR count). The van der Waals surface area contributed by atoms with Crippen molar-refractivity contribution in [2.24, 2.45) is 0 Å². The van der Waals surface area contributed by atoms with Gasteiger partial charge in [-0.05, 0) is 37.3 Å². The van der Waals surface area contributed by atoms with E-state index >= 15 is 0 Å². The summed E-state index contributed by atoms with van der Waals surface area (Å²) in [6, 6.07) is 5.13. The quantitative estimate of drug-likeness (QED) is 0.402. The van der Waals surface area contributed by atoms with Crippen molar-refractivity contribution in [1.29, 1.82) is 0 Å². The fourth-order valence-corrected chi connectivity index (χ4v) is 2.79. The first kappa shape index (κ1) is 19.9. The van der Waals surface area contributed by atoms with Gasteiger partial charge in [0.15, 0.2) is 17.1 Å². The van der Waals surface area contributed by atoms with E-state index in [-0.39, 0.29) is 11.4 Å². The Kier molecular flexibility index (Phi) is 5.20. The number of carbonyl (C=O) groups excluding carboxylic acids is 1. The van der Waals surface area contributed by atoms with E-state index in [1.165, 1.54) is 25.3 Å². The monoisotopic (exact) mass is 417 g/mol. The second-order valence-corrected chi connectivity index (χ2v) is 6.25. The van der Waals surface area contributed by atoms with E-state index in [9.17, 15) is 22.4 Å². The summed E-state index contributed by atoms with van der Waals surface area (Å²) in [6.07, 6.45) is -4.75. The molecule has 0 aliphatic rings. The molecule has 0 amide bonds. The van der Waals surface area contributed by atoms with E-state index in [2.05, 4.69) is 9.89 Å². The number of ether oxygens (including phenoxy) is 2. The van der Waals surface area contributed by atoms with Crippen molar-refractivity contribution in [1.82, 2.24) is 5.16 Å². The number of aromatic nitrogens is 1. The van der Waals surface area contributed by atoms with Crippen molar-refractivity contribution in [3.8, 4) is 11.5 Å². The smallest absolute Gasteiger partial charge is 0.416 e. The van der Waals surface area contributed by atoms with E-state index < -0.39 is 40.2 Å². The number of methoxy groups -OCH3 is 1. The Balaban J connectivity index is 1.98. The minimum atomic E-state index is -4.75. The molecule has 0 radical (unpaired) electrons. The Morgan fingerprint density at radius 2 is 1.96 bits per heavy atom. The predicted octanol–water partition coefficient (Wildman–Crippen LogP) is 5.71. The number of hydrogen-bond donors (Lipinski definition) is 0. The van der Waals surface area contributed by atoms with Crippen molar-refractivity contribution in [2.75, 3.05) is 7.11 Å². The summed E-state index contributed by atoms with van der Waals surface area (Å²) in [5, 5.41) is 3.69. The zero-order valence-corrected chi connectivity index (χ0v) is 15.2. The van der Waals surface area contributed by atoms with E-state index in [0.717, 1.165) is 0 Å². The third-order valence-corrected chi connectivity index (χ3v) is 4.26. The van der Waals surface area contributed by atoms with Gasteiger partial charge in [0.25, 0.3) is 0 Å². The summed E-state index contributed by atoms with van der Waals surface area (Å²) in [5.41, 5.74) is -0.630. The highest BCUT2D eigenvalue weighted by molar-refractivity contribution is 6.32. The summed E-state index contributed by atoms with van der Waals surface area (Å²) in [6.45, 7) is 1.56. The molecule has 28 heavy (non-hydrogen) atoms. The SMILES string of the molecule is COC(=O)C(C)c1noc2ccc(Oc3c(F)cc(C(F)(F)F)cc3Cl)cc12. The Hall–Kier alpha value is -2.81. The lowest BCUT2D eigenvalue weighted by molar-refractivity contribution is -0.142. The maximum atomic E-state index is 14.1. The highest BCUT2D eigenvalue weighted by Crippen LogP contribution is 2.39. The van der Waals surface area contributed by atoms with Crippen molar-refractivity contribution in [3.63, 3.8) is 0 Å². The van der Waals surface area contributed by atoms with Gasteiger partial charge in [-0.15, -0.1) is 0 Å². The Labute approximate surface area is 160 Å². The molecule has 0 bridgehead atoms. The number of nitrogens with zero attached hydrogens (tertiary/aromatic N) is 1. The van der Waals surface area contributed by atoms with E-state index in [1.807, 2.05) is 0 Å². The van der Waals surface area contributed by atoms with Crippen LogP contribution < -0.4 is 4.74 Å². The summed E-state index contributed by atoms with van der Waals surface area (Å²) >= 11 is 5.77. The largest absolute Gasteiger partial charge is 0.469 e. The zero-order chi connectivity index (χ0) is 20.6. The van der Waals surface area contributed by atoms with Gasteiger partial charge in [0.2, 0.25) is 0 Å². The van der Waals surface area contributed by atoms with Crippen molar-refractivity contribution >= 4 is 28.5 Å². The van der Waals surface area contributed by atoms with Crippen molar-refractivity contribution < 1.29 is 36.4 Å². The Morgan fingerprint density at radius 1 is 1.25 bits per heavy atom. The predicted molar refractivity (Wildman–Crippen MR) is 90.9 cm³/mol. The van der Waals surface area contributed by atoms with Crippen molar-refractivity contribution in [3.05, 3.63) is 52.4 Å². The van der Waals surface area contributed by atoms with Crippen LogP contribution in [0, 0.1) is 5.82 Å². The van der Waals surface area contributed by atoms with Gasteiger partial charge >= 0.3 is 12.1 Å². The molecule has 10 heteroatoms. The minimum absolute atomic E-state index is 0.0644. The molecule has 2 aromatic carbocycles. The maximum Gasteiger partial charge on any atom is 0.416 e. The lowest BCUT2D eigenvalue weighted by Crippen LogP contribution is -2.11. The lowest BCUT2D eigenvalue weighted by atomic mass is 10.0. The van der Waals surface area contributed by atoms with Gasteiger partial charge in [-0.2, -0.15) is 13.2 Å². The number of carbonyl (C=O) groups is 1. The summed E-state index contributed by atoms with van der Waals surface area (Å²) in [5.74, 6) is -3.05. The molecule has 5 nitrogen and oxygen atoms in total. The second kappa shape index (κ2) is 7.31. The normalized spacial score (nSPS) is 12.8. The fourth-order valence-electron chi connectivity index (χ4n) is 2.54. The number of fused-ring (bicyclic) bond motifs is 1. The first-order valence-electron chi connectivity index (χ1n) is 7.83. The van der Waals surface area contributed by atoms with Gasteiger partial charge in [-0.3, -0.25) is 4.79 Å². The van der Waals surface area contributed by atoms with Crippen LogP contribution in [0.15, 0.2) is 34.9 Å². The average Bonchev–Trinajstić information content (AvgIpc) is 3.05. The van der Waals surface area contributed by atoms with Crippen LogP contribution in [0.25, 0.3) is 11.0 Å². The lowest BCUT2D eigenvalue weighted by Gasteiger charge is -2.12. The highest BCUT2D eigenvalue weighted by atomic mass is 35.5. The first-order chi connectivity index (χ1) is 13.1. The molecule has 0 fully saturated rings. The van der Waals surface area contributed by atoms with Crippen LogP contribution in [0.2, 0.25) is 5.02 Å². The molecule has 1 aromatic heterocycles. The van der Waals surface area contributed by atoms with Crippen LogP contribution in [0.1, 0.15) is 24.1 Å². The van der Waals surface area contributed by atoms with Crippen LogP contribution in [0.5, 0.6) is 11.5 Å². The van der Waals surface area contributed by atoms with Gasteiger partial charge in [0, 0.05) is 5.39 Å². The standard InChI is InChI=1S/C18H12ClF4NO4/c1-8(17(25)26-2)15-11-7-10(3-4-14(11)28-24-15)27-16-12(19)5-9(6-13(16)20)18(21,22)23/h3-8H,1-2H3. The molecule has 148 valence electrons. The van der Waals surface area contributed by atoms with Gasteiger partial charge < -0.3 is 14.0 Å². The molecule has 1 heterocycles. The number of esters is 1. The molecule has 1 unspecified atom stereocenters. The molecular formula is C18H12ClF4NO4. The summed E-state index contributed by atoms with van der Waals surface area (Å²) in [7, 11) is 1.23. The van der Waals surface area contributed by atoms with Gasteiger partial charge in [-0.25, -0.2) is 4.39 Å². The number of halogens is 5.